The van der Waals surface area contributed by atoms with Gasteiger partial charge in [-0.3, -0.25) is 9.59 Å². The summed E-state index contributed by atoms with van der Waals surface area (Å²) >= 11 is 5.89. The molecule has 1 unspecified atom stereocenters. The first-order valence-electron chi connectivity index (χ1n) is 9.80. The van der Waals surface area contributed by atoms with Crippen LogP contribution in [0.5, 0.6) is 11.5 Å². The number of anilines is 1. The van der Waals surface area contributed by atoms with Crippen LogP contribution in [0, 0.1) is 5.82 Å². The van der Waals surface area contributed by atoms with Gasteiger partial charge in [-0.2, -0.15) is 0 Å². The van der Waals surface area contributed by atoms with Crippen molar-refractivity contribution in [1.82, 2.24) is 9.97 Å². The second kappa shape index (κ2) is 8.80. The van der Waals surface area contributed by atoms with E-state index in [1.54, 1.807) is 29.2 Å². The second-order valence-corrected chi connectivity index (χ2v) is 7.69. The fraction of sp³-hybridized carbons (Fsp3) is 0.182. The van der Waals surface area contributed by atoms with Gasteiger partial charge in [0.25, 0.3) is 5.91 Å². The Labute approximate surface area is 188 Å². The highest BCUT2D eigenvalue weighted by Gasteiger charge is 2.31. The van der Waals surface area contributed by atoms with Crippen molar-refractivity contribution in [1.29, 1.82) is 0 Å². The van der Waals surface area contributed by atoms with Crippen LogP contribution in [0.2, 0.25) is 5.02 Å². The quantitative estimate of drug-likeness (QED) is 0.587. The number of carbonyl (C=O) groups excluding carboxylic acids is 2. The van der Waals surface area contributed by atoms with Crippen LogP contribution in [0.15, 0.2) is 48.5 Å². The molecule has 2 heterocycles. The van der Waals surface area contributed by atoms with Crippen LogP contribution in [-0.4, -0.2) is 34.4 Å². The SMILES string of the molecule is NC(=O)c1cc(N2CCCC2C(N)=O)nc(-c2ccc(Oc3cc(Cl)ccc3F)cc2)n1. The summed E-state index contributed by atoms with van der Waals surface area (Å²) in [7, 11) is 0. The number of carbonyl (C=O) groups is 2. The van der Waals surface area contributed by atoms with Crippen molar-refractivity contribution in [3.8, 4) is 22.9 Å². The van der Waals surface area contributed by atoms with Crippen molar-refractivity contribution in [2.45, 2.75) is 18.9 Å². The van der Waals surface area contributed by atoms with Crippen LogP contribution in [0.4, 0.5) is 10.2 Å². The average Bonchev–Trinajstić information content (AvgIpc) is 3.27. The van der Waals surface area contributed by atoms with Gasteiger partial charge in [-0.15, -0.1) is 0 Å². The maximum atomic E-state index is 13.9. The van der Waals surface area contributed by atoms with Gasteiger partial charge < -0.3 is 21.1 Å². The van der Waals surface area contributed by atoms with E-state index in [0.717, 1.165) is 6.42 Å². The monoisotopic (exact) mass is 455 g/mol. The van der Waals surface area contributed by atoms with Crippen LogP contribution in [0.3, 0.4) is 0 Å². The summed E-state index contributed by atoms with van der Waals surface area (Å²) in [5.74, 6) is -0.728. The number of rotatable bonds is 6. The molecule has 4 rings (SSSR count). The Hall–Kier alpha value is -3.72. The highest BCUT2D eigenvalue weighted by Crippen LogP contribution is 2.30. The summed E-state index contributed by atoms with van der Waals surface area (Å²) in [6.07, 6.45) is 1.37. The van der Waals surface area contributed by atoms with Crippen molar-refractivity contribution in [3.63, 3.8) is 0 Å². The zero-order valence-corrected chi connectivity index (χ0v) is 17.6. The molecule has 1 atom stereocenters. The molecule has 2 amide bonds. The zero-order valence-electron chi connectivity index (χ0n) is 16.8. The molecule has 0 aliphatic carbocycles. The van der Waals surface area contributed by atoms with E-state index in [-0.39, 0.29) is 17.3 Å². The molecule has 0 bridgehead atoms. The van der Waals surface area contributed by atoms with Crippen LogP contribution in [0.25, 0.3) is 11.4 Å². The summed E-state index contributed by atoms with van der Waals surface area (Å²) < 4.78 is 19.5. The van der Waals surface area contributed by atoms with Crippen molar-refractivity contribution < 1.29 is 18.7 Å². The summed E-state index contributed by atoms with van der Waals surface area (Å²) in [6, 6.07) is 11.5. The fourth-order valence-electron chi connectivity index (χ4n) is 3.53. The van der Waals surface area contributed by atoms with Gasteiger partial charge >= 0.3 is 0 Å². The van der Waals surface area contributed by atoms with Crippen molar-refractivity contribution in [2.75, 3.05) is 11.4 Å². The van der Waals surface area contributed by atoms with Gasteiger partial charge in [0.15, 0.2) is 17.4 Å². The molecule has 1 saturated heterocycles. The van der Waals surface area contributed by atoms with E-state index in [2.05, 4.69) is 9.97 Å². The smallest absolute Gasteiger partial charge is 0.267 e. The van der Waals surface area contributed by atoms with Crippen LogP contribution >= 0.6 is 11.6 Å². The van der Waals surface area contributed by atoms with E-state index in [0.29, 0.717) is 35.1 Å². The molecule has 10 heteroatoms. The molecular weight excluding hydrogens is 437 g/mol. The van der Waals surface area contributed by atoms with Gasteiger partial charge in [-0.1, -0.05) is 11.6 Å². The molecule has 32 heavy (non-hydrogen) atoms. The lowest BCUT2D eigenvalue weighted by Gasteiger charge is -2.23. The zero-order chi connectivity index (χ0) is 22.8. The molecule has 1 aromatic heterocycles. The molecule has 1 aliphatic rings. The Morgan fingerprint density at radius 2 is 1.84 bits per heavy atom. The van der Waals surface area contributed by atoms with E-state index >= 15 is 0 Å². The number of benzene rings is 2. The normalized spacial score (nSPS) is 15.6. The van der Waals surface area contributed by atoms with Gasteiger partial charge in [0, 0.05) is 29.3 Å². The molecule has 1 aliphatic heterocycles. The molecule has 164 valence electrons. The first-order valence-corrected chi connectivity index (χ1v) is 10.2. The molecule has 0 spiro atoms. The molecule has 3 aromatic rings. The topological polar surface area (TPSA) is 124 Å². The third kappa shape index (κ3) is 4.47. The number of amides is 2. The van der Waals surface area contributed by atoms with Gasteiger partial charge in [-0.25, -0.2) is 14.4 Å². The fourth-order valence-corrected chi connectivity index (χ4v) is 3.69. The minimum atomic E-state index is -0.721. The third-order valence-electron chi connectivity index (χ3n) is 5.07. The lowest BCUT2D eigenvalue weighted by atomic mass is 10.2. The minimum absolute atomic E-state index is 0.00830. The van der Waals surface area contributed by atoms with Gasteiger partial charge in [0.05, 0.1) is 0 Å². The maximum absolute atomic E-state index is 13.9. The largest absolute Gasteiger partial charge is 0.454 e. The van der Waals surface area contributed by atoms with Crippen molar-refractivity contribution >= 4 is 29.2 Å². The number of nitrogens with zero attached hydrogens (tertiary/aromatic N) is 3. The lowest BCUT2D eigenvalue weighted by molar-refractivity contribution is -0.119. The van der Waals surface area contributed by atoms with Crippen LogP contribution < -0.4 is 21.1 Å². The molecule has 0 saturated carbocycles. The number of primary amides is 2. The van der Waals surface area contributed by atoms with Crippen molar-refractivity contribution in [3.05, 3.63) is 65.1 Å². The van der Waals surface area contributed by atoms with Gasteiger partial charge in [0.1, 0.15) is 23.3 Å². The van der Waals surface area contributed by atoms with E-state index in [4.69, 9.17) is 27.8 Å². The summed E-state index contributed by atoms with van der Waals surface area (Å²) in [5.41, 5.74) is 11.5. The molecule has 8 nitrogen and oxygen atoms in total. The van der Waals surface area contributed by atoms with E-state index in [1.807, 2.05) is 0 Å². The number of ether oxygens (including phenoxy) is 1. The second-order valence-electron chi connectivity index (χ2n) is 7.25. The highest BCUT2D eigenvalue weighted by atomic mass is 35.5. The first kappa shape index (κ1) is 21.5. The number of hydrogen-bond acceptors (Lipinski definition) is 6. The predicted molar refractivity (Wildman–Crippen MR) is 117 cm³/mol. The molecule has 0 radical (unpaired) electrons. The molecular formula is C22H19ClFN5O3. The molecule has 4 N–H and O–H groups in total. The summed E-state index contributed by atoms with van der Waals surface area (Å²) in [5, 5.41) is 0.346. The lowest BCUT2D eigenvalue weighted by Crippen LogP contribution is -2.41. The maximum Gasteiger partial charge on any atom is 0.267 e. The summed E-state index contributed by atoms with van der Waals surface area (Å²) in [4.78, 5) is 34.1. The van der Waals surface area contributed by atoms with E-state index < -0.39 is 23.7 Å². The number of aromatic nitrogens is 2. The third-order valence-corrected chi connectivity index (χ3v) is 5.31. The predicted octanol–water partition coefficient (Wildman–Crippen LogP) is 3.28. The molecule has 2 aromatic carbocycles. The standard InChI is InChI=1S/C22H19ClFN5O3/c23-13-5-8-15(24)18(10-13)32-14-6-3-12(4-7-14)22-27-16(20(25)30)11-19(28-22)29-9-1-2-17(29)21(26)31/h3-8,10-11,17H,1-2,9H2,(H2,25,30)(H2,26,31). The van der Waals surface area contributed by atoms with Crippen LogP contribution in [-0.2, 0) is 4.79 Å². The van der Waals surface area contributed by atoms with Crippen LogP contribution in [0.1, 0.15) is 23.3 Å². The average molecular weight is 456 g/mol. The highest BCUT2D eigenvalue weighted by molar-refractivity contribution is 6.30. The number of nitrogens with two attached hydrogens (primary N) is 2. The van der Waals surface area contributed by atoms with Gasteiger partial charge in [0.2, 0.25) is 5.91 Å². The number of halogens is 2. The van der Waals surface area contributed by atoms with E-state index in [9.17, 15) is 14.0 Å². The Morgan fingerprint density at radius 1 is 1.09 bits per heavy atom. The molecule has 1 fully saturated rings. The Bertz CT molecular complexity index is 1190. The van der Waals surface area contributed by atoms with Crippen molar-refractivity contribution in [2.24, 2.45) is 11.5 Å². The Morgan fingerprint density at radius 3 is 2.53 bits per heavy atom. The number of hydrogen-bond donors (Lipinski definition) is 2. The minimum Gasteiger partial charge on any atom is -0.454 e. The Kier molecular flexibility index (Phi) is 5.91. The summed E-state index contributed by atoms with van der Waals surface area (Å²) in [6.45, 7) is 0.570. The van der Waals surface area contributed by atoms with Gasteiger partial charge in [-0.05, 0) is 49.2 Å². The first-order chi connectivity index (χ1) is 15.3. The Balaban J connectivity index is 1.65. The van der Waals surface area contributed by atoms with E-state index in [1.165, 1.54) is 24.3 Å².